The van der Waals surface area contributed by atoms with Crippen molar-refractivity contribution in [1.29, 1.82) is 0 Å². The van der Waals surface area contributed by atoms with Crippen LogP contribution >= 0.6 is 0 Å². The first-order chi connectivity index (χ1) is 9.61. The molecule has 0 bridgehead atoms. The van der Waals surface area contributed by atoms with Gasteiger partial charge in [0.05, 0.1) is 12.7 Å². The summed E-state index contributed by atoms with van der Waals surface area (Å²) in [6.07, 6.45) is 4.47. The van der Waals surface area contributed by atoms with E-state index in [2.05, 4.69) is 55.8 Å². The fraction of sp³-hybridized carbons (Fsp3) is 0.529. The van der Waals surface area contributed by atoms with Gasteiger partial charge in [0.15, 0.2) is 0 Å². The number of hydrogen-bond acceptors (Lipinski definition) is 2. The summed E-state index contributed by atoms with van der Waals surface area (Å²) < 4.78 is 7.95. The molecule has 0 aliphatic heterocycles. The average molecular weight is 274 g/mol. The third-order valence-corrected chi connectivity index (χ3v) is 3.66. The van der Waals surface area contributed by atoms with E-state index in [1.54, 1.807) is 0 Å². The summed E-state index contributed by atoms with van der Waals surface area (Å²) in [5, 5.41) is 1.32. The van der Waals surface area contributed by atoms with Crippen LogP contribution in [0.2, 0.25) is 0 Å². The van der Waals surface area contributed by atoms with E-state index in [1.807, 2.05) is 0 Å². The Morgan fingerprint density at radius 3 is 2.70 bits per heavy atom. The van der Waals surface area contributed by atoms with Crippen molar-refractivity contribution in [1.82, 2.24) is 4.57 Å². The predicted molar refractivity (Wildman–Crippen MR) is 85.0 cm³/mol. The highest BCUT2D eigenvalue weighted by molar-refractivity contribution is 5.84. The van der Waals surface area contributed by atoms with Crippen LogP contribution in [0.5, 0.6) is 0 Å². The Kier molecular flexibility index (Phi) is 5.21. The van der Waals surface area contributed by atoms with E-state index < -0.39 is 0 Å². The quantitative estimate of drug-likeness (QED) is 0.841. The van der Waals surface area contributed by atoms with Gasteiger partial charge in [-0.25, -0.2) is 0 Å². The number of para-hydroxylation sites is 1. The lowest BCUT2D eigenvalue weighted by Crippen LogP contribution is -2.21. The Labute approximate surface area is 121 Å². The fourth-order valence-corrected chi connectivity index (χ4v) is 2.48. The molecule has 20 heavy (non-hydrogen) atoms. The molecule has 0 saturated heterocycles. The van der Waals surface area contributed by atoms with E-state index in [9.17, 15) is 0 Å². The molecule has 1 unspecified atom stereocenters. The zero-order chi connectivity index (χ0) is 14.5. The van der Waals surface area contributed by atoms with Crippen LogP contribution in [0.4, 0.5) is 0 Å². The molecule has 0 saturated carbocycles. The van der Waals surface area contributed by atoms with Gasteiger partial charge in [0, 0.05) is 29.7 Å². The summed E-state index contributed by atoms with van der Waals surface area (Å²) in [5.41, 5.74) is 8.73. The number of ether oxygens (including phenoxy) is 1. The van der Waals surface area contributed by atoms with Crippen molar-refractivity contribution in [3.05, 3.63) is 36.0 Å². The molecule has 1 aromatic carbocycles. The Balaban J connectivity index is 2.21. The maximum Gasteiger partial charge on any atom is 0.0649 e. The van der Waals surface area contributed by atoms with Gasteiger partial charge in [-0.15, -0.1) is 0 Å². The van der Waals surface area contributed by atoms with Crippen LogP contribution in [0.25, 0.3) is 10.9 Å². The molecule has 0 fully saturated rings. The molecule has 1 heterocycles. The molecule has 0 radical (unpaired) electrons. The minimum absolute atomic E-state index is 0.237. The SMILES string of the molecule is CCC(N)Cc1cn(CCOC(C)C)c2ccccc12. The summed E-state index contributed by atoms with van der Waals surface area (Å²) in [6.45, 7) is 7.91. The van der Waals surface area contributed by atoms with Gasteiger partial charge in [-0.2, -0.15) is 0 Å². The average Bonchev–Trinajstić information content (AvgIpc) is 2.77. The third kappa shape index (κ3) is 3.62. The highest BCUT2D eigenvalue weighted by Gasteiger charge is 2.10. The molecule has 3 heteroatoms. The van der Waals surface area contributed by atoms with Crippen LogP contribution < -0.4 is 5.73 Å². The summed E-state index contributed by atoms with van der Waals surface area (Å²) in [7, 11) is 0. The van der Waals surface area contributed by atoms with Gasteiger partial charge in [0.1, 0.15) is 0 Å². The van der Waals surface area contributed by atoms with Gasteiger partial charge in [-0.1, -0.05) is 25.1 Å². The molecule has 0 aliphatic rings. The van der Waals surface area contributed by atoms with Gasteiger partial charge in [-0.3, -0.25) is 0 Å². The molecule has 3 nitrogen and oxygen atoms in total. The normalized spacial score (nSPS) is 13.2. The van der Waals surface area contributed by atoms with E-state index in [-0.39, 0.29) is 12.1 Å². The molecule has 0 amide bonds. The second-order valence-electron chi connectivity index (χ2n) is 5.66. The second-order valence-corrected chi connectivity index (χ2v) is 5.66. The minimum Gasteiger partial charge on any atom is -0.377 e. The van der Waals surface area contributed by atoms with Crippen molar-refractivity contribution >= 4 is 10.9 Å². The van der Waals surface area contributed by atoms with Crippen molar-refractivity contribution < 1.29 is 4.74 Å². The summed E-state index contributed by atoms with van der Waals surface area (Å²) in [5.74, 6) is 0. The van der Waals surface area contributed by atoms with E-state index in [0.29, 0.717) is 0 Å². The van der Waals surface area contributed by atoms with Crippen molar-refractivity contribution in [2.45, 2.75) is 52.3 Å². The number of benzene rings is 1. The van der Waals surface area contributed by atoms with Gasteiger partial charge in [0.25, 0.3) is 0 Å². The standard InChI is InChI=1S/C17H26N2O/c1-4-15(18)11-14-12-19(9-10-20-13(2)3)17-8-6-5-7-16(14)17/h5-8,12-13,15H,4,9-11,18H2,1-3H3. The van der Waals surface area contributed by atoms with Gasteiger partial charge in [0.2, 0.25) is 0 Å². The fourth-order valence-electron chi connectivity index (χ4n) is 2.48. The molecule has 2 rings (SSSR count). The van der Waals surface area contributed by atoms with Gasteiger partial charge >= 0.3 is 0 Å². The maximum absolute atomic E-state index is 6.11. The van der Waals surface area contributed by atoms with Crippen molar-refractivity contribution in [3.8, 4) is 0 Å². The molecule has 110 valence electrons. The lowest BCUT2D eigenvalue weighted by atomic mass is 10.0. The highest BCUT2D eigenvalue weighted by Crippen LogP contribution is 2.22. The molecule has 1 atom stereocenters. The van der Waals surface area contributed by atoms with Gasteiger partial charge < -0.3 is 15.0 Å². The van der Waals surface area contributed by atoms with Crippen molar-refractivity contribution in [2.24, 2.45) is 5.73 Å². The zero-order valence-corrected chi connectivity index (χ0v) is 12.8. The predicted octanol–water partition coefficient (Wildman–Crippen LogP) is 3.35. The molecule has 1 aromatic heterocycles. The van der Waals surface area contributed by atoms with Crippen LogP contribution in [-0.4, -0.2) is 23.3 Å². The van der Waals surface area contributed by atoms with Crippen LogP contribution in [0.3, 0.4) is 0 Å². The van der Waals surface area contributed by atoms with E-state index in [1.165, 1.54) is 16.5 Å². The Morgan fingerprint density at radius 1 is 1.25 bits per heavy atom. The van der Waals surface area contributed by atoms with Crippen LogP contribution in [0.15, 0.2) is 30.5 Å². The number of rotatable bonds is 7. The molecular weight excluding hydrogens is 248 g/mol. The number of aromatic nitrogens is 1. The summed E-state index contributed by atoms with van der Waals surface area (Å²) >= 11 is 0. The topological polar surface area (TPSA) is 40.2 Å². The van der Waals surface area contributed by atoms with Crippen molar-refractivity contribution in [2.75, 3.05) is 6.61 Å². The van der Waals surface area contributed by atoms with E-state index in [4.69, 9.17) is 10.5 Å². The number of hydrogen-bond donors (Lipinski definition) is 1. The number of fused-ring (bicyclic) bond motifs is 1. The number of nitrogens with two attached hydrogens (primary N) is 1. The lowest BCUT2D eigenvalue weighted by molar-refractivity contribution is 0.0733. The second kappa shape index (κ2) is 6.91. The minimum atomic E-state index is 0.237. The smallest absolute Gasteiger partial charge is 0.0649 e. The lowest BCUT2D eigenvalue weighted by Gasteiger charge is -2.09. The zero-order valence-electron chi connectivity index (χ0n) is 12.8. The third-order valence-electron chi connectivity index (χ3n) is 3.66. The maximum atomic E-state index is 6.11. The Hall–Kier alpha value is -1.32. The van der Waals surface area contributed by atoms with Crippen LogP contribution in [0.1, 0.15) is 32.8 Å². The summed E-state index contributed by atoms with van der Waals surface area (Å²) in [6, 6.07) is 8.78. The van der Waals surface area contributed by atoms with E-state index in [0.717, 1.165) is 26.0 Å². The summed E-state index contributed by atoms with van der Waals surface area (Å²) in [4.78, 5) is 0. The largest absolute Gasteiger partial charge is 0.377 e. The first kappa shape index (κ1) is 15.1. The highest BCUT2D eigenvalue weighted by atomic mass is 16.5. The van der Waals surface area contributed by atoms with Crippen molar-refractivity contribution in [3.63, 3.8) is 0 Å². The van der Waals surface area contributed by atoms with Crippen LogP contribution in [-0.2, 0) is 17.7 Å². The molecule has 2 N–H and O–H groups in total. The molecule has 0 spiro atoms. The monoisotopic (exact) mass is 274 g/mol. The number of nitrogens with zero attached hydrogens (tertiary/aromatic N) is 1. The van der Waals surface area contributed by atoms with Gasteiger partial charge in [-0.05, 0) is 38.3 Å². The molecule has 2 aromatic rings. The molecule has 0 aliphatic carbocycles. The Morgan fingerprint density at radius 2 is 2.00 bits per heavy atom. The first-order valence-corrected chi connectivity index (χ1v) is 7.55. The van der Waals surface area contributed by atoms with Crippen LogP contribution in [0, 0.1) is 0 Å². The van der Waals surface area contributed by atoms with E-state index >= 15 is 0 Å². The molecular formula is C17H26N2O. The first-order valence-electron chi connectivity index (χ1n) is 7.55. The Bertz CT molecular complexity index is 545.